The third-order valence-electron chi connectivity index (χ3n) is 2.37. The van der Waals surface area contributed by atoms with E-state index in [9.17, 15) is 9.59 Å². The molecule has 0 N–H and O–H groups in total. The van der Waals surface area contributed by atoms with Crippen molar-refractivity contribution in [2.24, 2.45) is 0 Å². The lowest BCUT2D eigenvalue weighted by Gasteiger charge is -2.00. The summed E-state index contributed by atoms with van der Waals surface area (Å²) in [5, 5.41) is 0. The third-order valence-corrected chi connectivity index (χ3v) is 2.55. The van der Waals surface area contributed by atoms with E-state index in [-0.39, 0.29) is 18.0 Å². The molecule has 90 valence electrons. The number of carbonyl (C=O) groups excluding carboxylic acids is 2. The molecule has 1 aromatic rings. The van der Waals surface area contributed by atoms with E-state index in [1.165, 1.54) is 5.54 Å². The first-order valence-corrected chi connectivity index (χ1v) is 6.03. The lowest BCUT2D eigenvalue weighted by molar-refractivity contribution is -0.118. The molecule has 0 radical (unpaired) electrons. The molecular formula is C14H15ClO2. The maximum absolute atomic E-state index is 11.7. The molecule has 0 aliphatic rings. The standard InChI is InChI=1S/C14H15ClO2/c15-10-6-2-5-9-13(16)11-14(17)12-7-3-1-4-8-12/h1,3-4,6-8,10H,2,5,9,11H2/b10-6+. The van der Waals surface area contributed by atoms with Gasteiger partial charge < -0.3 is 0 Å². The average Bonchev–Trinajstić information content (AvgIpc) is 2.36. The van der Waals surface area contributed by atoms with E-state index in [4.69, 9.17) is 11.6 Å². The summed E-state index contributed by atoms with van der Waals surface area (Å²) in [6, 6.07) is 8.89. The Bertz CT molecular complexity index is 396. The SMILES string of the molecule is O=C(CCC/C=C/Cl)CC(=O)c1ccccc1. The van der Waals surface area contributed by atoms with Crippen molar-refractivity contribution in [2.75, 3.05) is 0 Å². The highest BCUT2D eigenvalue weighted by Crippen LogP contribution is 2.07. The fourth-order valence-electron chi connectivity index (χ4n) is 1.47. The molecule has 1 aromatic carbocycles. The van der Waals surface area contributed by atoms with Crippen LogP contribution in [0, 0.1) is 0 Å². The topological polar surface area (TPSA) is 34.1 Å². The Morgan fingerprint density at radius 3 is 2.53 bits per heavy atom. The number of hydrogen-bond donors (Lipinski definition) is 0. The second-order valence-corrected chi connectivity index (χ2v) is 4.01. The Morgan fingerprint density at radius 2 is 1.88 bits per heavy atom. The van der Waals surface area contributed by atoms with Crippen LogP contribution in [0.2, 0.25) is 0 Å². The fourth-order valence-corrected chi connectivity index (χ4v) is 1.60. The molecular weight excluding hydrogens is 236 g/mol. The summed E-state index contributed by atoms with van der Waals surface area (Å²) in [6.45, 7) is 0. The predicted octanol–water partition coefficient (Wildman–Crippen LogP) is 3.75. The number of allylic oxidation sites excluding steroid dienone is 1. The van der Waals surface area contributed by atoms with Gasteiger partial charge >= 0.3 is 0 Å². The molecule has 3 heteroatoms. The molecule has 0 heterocycles. The molecule has 0 atom stereocenters. The van der Waals surface area contributed by atoms with E-state index in [1.807, 2.05) is 6.07 Å². The zero-order valence-electron chi connectivity index (χ0n) is 9.56. The number of hydrogen-bond acceptors (Lipinski definition) is 2. The summed E-state index contributed by atoms with van der Waals surface area (Å²) in [4.78, 5) is 23.2. The summed E-state index contributed by atoms with van der Waals surface area (Å²) in [6.07, 6.45) is 3.74. The second-order valence-electron chi connectivity index (χ2n) is 3.76. The van der Waals surface area contributed by atoms with Crippen molar-refractivity contribution in [2.45, 2.75) is 25.7 Å². The monoisotopic (exact) mass is 250 g/mol. The second kappa shape index (κ2) is 7.80. The highest BCUT2D eigenvalue weighted by atomic mass is 35.5. The molecule has 1 rings (SSSR count). The van der Waals surface area contributed by atoms with Gasteiger partial charge in [0.1, 0.15) is 5.78 Å². The van der Waals surface area contributed by atoms with Crippen LogP contribution in [-0.4, -0.2) is 11.6 Å². The molecule has 0 bridgehead atoms. The Hall–Kier alpha value is -1.41. The summed E-state index contributed by atoms with van der Waals surface area (Å²) in [5.74, 6) is -0.120. The molecule has 0 spiro atoms. The van der Waals surface area contributed by atoms with Crippen molar-refractivity contribution in [3.05, 3.63) is 47.5 Å². The van der Waals surface area contributed by atoms with Crippen LogP contribution in [-0.2, 0) is 4.79 Å². The van der Waals surface area contributed by atoms with Gasteiger partial charge in [-0.3, -0.25) is 9.59 Å². The van der Waals surface area contributed by atoms with Gasteiger partial charge in [-0.25, -0.2) is 0 Å². The van der Waals surface area contributed by atoms with Crippen molar-refractivity contribution < 1.29 is 9.59 Å². The smallest absolute Gasteiger partial charge is 0.170 e. The maximum atomic E-state index is 11.7. The van der Waals surface area contributed by atoms with Gasteiger partial charge in [0.15, 0.2) is 5.78 Å². The molecule has 0 unspecified atom stereocenters. The average molecular weight is 251 g/mol. The molecule has 0 aliphatic heterocycles. The first-order valence-electron chi connectivity index (χ1n) is 5.59. The molecule has 0 fully saturated rings. The van der Waals surface area contributed by atoms with Crippen LogP contribution in [0.25, 0.3) is 0 Å². The van der Waals surface area contributed by atoms with Gasteiger partial charge in [0.25, 0.3) is 0 Å². The molecule has 0 aliphatic carbocycles. The summed E-state index contributed by atoms with van der Waals surface area (Å²) < 4.78 is 0. The van der Waals surface area contributed by atoms with E-state index >= 15 is 0 Å². The van der Waals surface area contributed by atoms with Gasteiger partial charge in [-0.2, -0.15) is 0 Å². The van der Waals surface area contributed by atoms with E-state index in [2.05, 4.69) is 0 Å². The normalized spacial score (nSPS) is 10.6. The zero-order valence-corrected chi connectivity index (χ0v) is 10.3. The largest absolute Gasteiger partial charge is 0.299 e. The number of unbranched alkanes of at least 4 members (excludes halogenated alkanes) is 1. The first kappa shape index (κ1) is 13.7. The fraction of sp³-hybridized carbons (Fsp3) is 0.286. The van der Waals surface area contributed by atoms with Crippen LogP contribution in [0.4, 0.5) is 0 Å². The minimum absolute atomic E-state index is 0.00535. The van der Waals surface area contributed by atoms with E-state index in [1.54, 1.807) is 30.3 Å². The van der Waals surface area contributed by atoms with Crippen LogP contribution in [0.3, 0.4) is 0 Å². The number of rotatable bonds is 7. The van der Waals surface area contributed by atoms with Gasteiger partial charge in [-0.05, 0) is 12.8 Å². The van der Waals surface area contributed by atoms with Crippen molar-refractivity contribution in [1.82, 2.24) is 0 Å². The molecule has 0 aromatic heterocycles. The van der Waals surface area contributed by atoms with Crippen LogP contribution in [0.5, 0.6) is 0 Å². The molecule has 0 amide bonds. The lowest BCUT2D eigenvalue weighted by atomic mass is 10.0. The van der Waals surface area contributed by atoms with Gasteiger partial charge in [0.2, 0.25) is 0 Å². The Labute approximate surface area is 106 Å². The number of benzene rings is 1. The van der Waals surface area contributed by atoms with Crippen LogP contribution in [0.15, 0.2) is 41.9 Å². The van der Waals surface area contributed by atoms with Gasteiger partial charge in [-0.1, -0.05) is 48.0 Å². The number of Topliss-reactive ketones (excluding diaryl/α,β-unsaturated/α-hetero) is 2. The third kappa shape index (κ3) is 5.45. The summed E-state index contributed by atoms with van der Waals surface area (Å²) in [7, 11) is 0. The quantitative estimate of drug-likeness (QED) is 0.420. The molecule has 2 nitrogen and oxygen atoms in total. The lowest BCUT2D eigenvalue weighted by Crippen LogP contribution is -2.07. The highest BCUT2D eigenvalue weighted by molar-refractivity contribution is 6.25. The first-order chi connectivity index (χ1) is 8.24. The van der Waals surface area contributed by atoms with Gasteiger partial charge in [-0.15, -0.1) is 0 Å². The zero-order chi connectivity index (χ0) is 12.5. The Kier molecular flexibility index (Phi) is 6.26. The van der Waals surface area contributed by atoms with Crippen molar-refractivity contribution in [3.8, 4) is 0 Å². The Morgan fingerprint density at radius 1 is 1.18 bits per heavy atom. The minimum atomic E-state index is -0.108. The summed E-state index contributed by atoms with van der Waals surface area (Å²) in [5.41, 5.74) is 2.04. The van der Waals surface area contributed by atoms with Gasteiger partial charge in [0, 0.05) is 17.5 Å². The molecule has 0 saturated heterocycles. The summed E-state index contributed by atoms with van der Waals surface area (Å²) >= 11 is 5.36. The van der Waals surface area contributed by atoms with Crippen molar-refractivity contribution >= 4 is 23.2 Å². The number of halogens is 1. The van der Waals surface area contributed by atoms with Crippen molar-refractivity contribution in [3.63, 3.8) is 0 Å². The predicted molar refractivity (Wildman–Crippen MR) is 69.2 cm³/mol. The minimum Gasteiger partial charge on any atom is -0.299 e. The highest BCUT2D eigenvalue weighted by Gasteiger charge is 2.10. The molecule has 0 saturated carbocycles. The van der Waals surface area contributed by atoms with Crippen LogP contribution in [0.1, 0.15) is 36.0 Å². The van der Waals surface area contributed by atoms with Gasteiger partial charge in [0.05, 0.1) is 6.42 Å². The Balaban J connectivity index is 2.34. The number of carbonyl (C=O) groups is 2. The molecule has 17 heavy (non-hydrogen) atoms. The number of ketones is 2. The van der Waals surface area contributed by atoms with E-state index < -0.39 is 0 Å². The van der Waals surface area contributed by atoms with E-state index in [0.717, 1.165) is 12.8 Å². The van der Waals surface area contributed by atoms with Crippen LogP contribution < -0.4 is 0 Å². The van der Waals surface area contributed by atoms with Crippen molar-refractivity contribution in [1.29, 1.82) is 0 Å². The van der Waals surface area contributed by atoms with Crippen LogP contribution >= 0.6 is 11.6 Å². The van der Waals surface area contributed by atoms with E-state index in [0.29, 0.717) is 12.0 Å². The maximum Gasteiger partial charge on any atom is 0.170 e.